The van der Waals surface area contributed by atoms with Crippen molar-refractivity contribution in [1.82, 2.24) is 4.90 Å². The summed E-state index contributed by atoms with van der Waals surface area (Å²) >= 11 is 5.68. The van der Waals surface area contributed by atoms with Gasteiger partial charge in [0, 0.05) is 12.0 Å². The fourth-order valence-corrected chi connectivity index (χ4v) is 4.22. The van der Waals surface area contributed by atoms with Gasteiger partial charge >= 0.3 is 6.18 Å². The molecule has 1 fully saturated rings. The number of halogens is 6. The van der Waals surface area contributed by atoms with Gasteiger partial charge in [0.05, 0.1) is 23.8 Å². The molecule has 4 rings (SSSR count). The van der Waals surface area contributed by atoms with Crippen LogP contribution in [0, 0.1) is 5.82 Å². The lowest BCUT2D eigenvalue weighted by atomic mass is 9.84. The lowest BCUT2D eigenvalue weighted by Gasteiger charge is -2.46. The molecule has 0 aromatic heterocycles. The molecule has 0 radical (unpaired) electrons. The Bertz CT molecular complexity index is 1150. The van der Waals surface area contributed by atoms with E-state index < -0.39 is 51.8 Å². The molecule has 2 aliphatic heterocycles. The molecule has 2 aliphatic rings. The minimum atomic E-state index is -4.88. The lowest BCUT2D eigenvalue weighted by molar-refractivity contribution is -0.275. The van der Waals surface area contributed by atoms with E-state index in [2.05, 4.69) is 5.16 Å². The zero-order chi connectivity index (χ0) is 25.1. The summed E-state index contributed by atoms with van der Waals surface area (Å²) in [5.74, 6) is -1.46. The van der Waals surface area contributed by atoms with Crippen molar-refractivity contribution in [3.8, 4) is 0 Å². The average molecular weight is 503 g/mol. The molecule has 0 spiro atoms. The van der Waals surface area contributed by atoms with Crippen LogP contribution in [-0.4, -0.2) is 46.5 Å². The number of hydrogen-bond acceptors (Lipinski definition) is 4. The molecule has 1 amide bonds. The highest BCUT2D eigenvalue weighted by Crippen LogP contribution is 2.49. The van der Waals surface area contributed by atoms with Crippen LogP contribution in [0.15, 0.2) is 47.6 Å². The molecule has 1 unspecified atom stereocenters. The standard InChI is InChI=1S/C23H20ClF5N2O3/c1-20(2,33)19(32)31-11-21(26,12-31)14-5-3-13(4-6-14)18-10-22(34-30-18,23(27,28)29)15-7-8-17(25)16(24)9-15/h3-9,33H,10-12H2,1-2H3. The molecule has 1 atom stereocenters. The number of likely N-dealkylation sites (tertiary alicyclic amines) is 1. The van der Waals surface area contributed by atoms with Crippen molar-refractivity contribution in [2.45, 2.75) is 43.3 Å². The van der Waals surface area contributed by atoms with E-state index in [0.29, 0.717) is 0 Å². The molecule has 1 saturated heterocycles. The number of alkyl halides is 4. The highest BCUT2D eigenvalue weighted by molar-refractivity contribution is 6.30. The zero-order valence-corrected chi connectivity index (χ0v) is 18.8. The Labute approximate surface area is 196 Å². The average Bonchev–Trinajstić information content (AvgIpc) is 3.19. The molecule has 2 aromatic carbocycles. The summed E-state index contributed by atoms with van der Waals surface area (Å²) in [5.41, 5.74) is -6.19. The first-order chi connectivity index (χ1) is 15.7. The van der Waals surface area contributed by atoms with E-state index in [-0.39, 0.29) is 29.9 Å². The van der Waals surface area contributed by atoms with Gasteiger partial charge in [-0.15, -0.1) is 0 Å². The van der Waals surface area contributed by atoms with Crippen molar-refractivity contribution in [1.29, 1.82) is 0 Å². The van der Waals surface area contributed by atoms with Crippen molar-refractivity contribution < 1.29 is 36.7 Å². The van der Waals surface area contributed by atoms with Gasteiger partial charge in [-0.3, -0.25) is 4.79 Å². The summed E-state index contributed by atoms with van der Waals surface area (Å²) in [7, 11) is 0. The van der Waals surface area contributed by atoms with Gasteiger partial charge in [0.15, 0.2) is 5.67 Å². The van der Waals surface area contributed by atoms with Crippen molar-refractivity contribution in [3.05, 3.63) is 70.0 Å². The summed E-state index contributed by atoms with van der Waals surface area (Å²) in [4.78, 5) is 18.1. The smallest absolute Gasteiger partial charge is 0.381 e. The number of oxime groups is 1. The molecule has 2 aromatic rings. The predicted molar refractivity (Wildman–Crippen MR) is 113 cm³/mol. The van der Waals surface area contributed by atoms with Crippen molar-refractivity contribution in [2.24, 2.45) is 5.16 Å². The van der Waals surface area contributed by atoms with Crippen LogP contribution in [0.4, 0.5) is 22.0 Å². The highest BCUT2D eigenvalue weighted by atomic mass is 35.5. The van der Waals surface area contributed by atoms with Crippen LogP contribution in [0.2, 0.25) is 5.02 Å². The van der Waals surface area contributed by atoms with Crippen LogP contribution in [0.1, 0.15) is 37.0 Å². The van der Waals surface area contributed by atoms with Gasteiger partial charge < -0.3 is 14.8 Å². The predicted octanol–water partition coefficient (Wildman–Crippen LogP) is 4.84. The Morgan fingerprint density at radius 2 is 1.71 bits per heavy atom. The van der Waals surface area contributed by atoms with Crippen LogP contribution in [0.5, 0.6) is 0 Å². The summed E-state index contributed by atoms with van der Waals surface area (Å²) in [5, 5.41) is 12.9. The third-order valence-electron chi connectivity index (χ3n) is 6.00. The fourth-order valence-electron chi connectivity index (χ4n) is 4.04. The summed E-state index contributed by atoms with van der Waals surface area (Å²) < 4.78 is 70.8. The first-order valence-electron chi connectivity index (χ1n) is 10.3. The number of carbonyl (C=O) groups excluding carboxylic acids is 1. The molecule has 5 nitrogen and oxygen atoms in total. The number of rotatable bonds is 4. The van der Waals surface area contributed by atoms with Crippen LogP contribution in [-0.2, 0) is 20.9 Å². The topological polar surface area (TPSA) is 62.1 Å². The minimum Gasteiger partial charge on any atom is -0.381 e. The third kappa shape index (κ3) is 4.02. The molecule has 0 bridgehead atoms. The third-order valence-corrected chi connectivity index (χ3v) is 6.29. The Balaban J connectivity index is 1.53. The monoisotopic (exact) mass is 502 g/mol. The van der Waals surface area contributed by atoms with E-state index in [1.165, 1.54) is 43.0 Å². The molecular weight excluding hydrogens is 483 g/mol. The van der Waals surface area contributed by atoms with E-state index in [1.54, 1.807) is 0 Å². The van der Waals surface area contributed by atoms with Gasteiger partial charge in [0.25, 0.3) is 11.5 Å². The molecule has 0 aliphatic carbocycles. The van der Waals surface area contributed by atoms with Gasteiger partial charge in [-0.05, 0) is 37.1 Å². The number of amides is 1. The molecule has 34 heavy (non-hydrogen) atoms. The van der Waals surface area contributed by atoms with E-state index in [1.807, 2.05) is 0 Å². The lowest BCUT2D eigenvalue weighted by Crippen LogP contribution is -2.62. The summed E-state index contributed by atoms with van der Waals surface area (Å²) in [6, 6.07) is 8.29. The second kappa shape index (κ2) is 7.91. The van der Waals surface area contributed by atoms with E-state index in [4.69, 9.17) is 16.4 Å². The summed E-state index contributed by atoms with van der Waals surface area (Å²) in [6.07, 6.45) is -5.57. The Hall–Kier alpha value is -2.72. The summed E-state index contributed by atoms with van der Waals surface area (Å²) in [6.45, 7) is 2.13. The molecular formula is C23H20ClF5N2O3. The van der Waals surface area contributed by atoms with Crippen molar-refractivity contribution in [2.75, 3.05) is 13.1 Å². The van der Waals surface area contributed by atoms with Gasteiger partial charge in [0.2, 0.25) is 0 Å². The Morgan fingerprint density at radius 3 is 2.24 bits per heavy atom. The molecule has 182 valence electrons. The molecule has 11 heteroatoms. The van der Waals surface area contributed by atoms with Crippen molar-refractivity contribution >= 4 is 23.2 Å². The van der Waals surface area contributed by atoms with Crippen LogP contribution < -0.4 is 0 Å². The maximum Gasteiger partial charge on any atom is 0.435 e. The highest BCUT2D eigenvalue weighted by Gasteiger charge is 2.62. The number of aliphatic hydroxyl groups is 1. The van der Waals surface area contributed by atoms with Crippen LogP contribution in [0.3, 0.4) is 0 Å². The molecule has 2 heterocycles. The van der Waals surface area contributed by atoms with Crippen LogP contribution >= 0.6 is 11.6 Å². The molecule has 1 N–H and O–H groups in total. The normalized spacial score (nSPS) is 22.1. The fraction of sp³-hybridized carbons (Fsp3) is 0.391. The maximum absolute atomic E-state index is 15.2. The number of benzene rings is 2. The van der Waals surface area contributed by atoms with Crippen molar-refractivity contribution in [3.63, 3.8) is 0 Å². The van der Waals surface area contributed by atoms with Gasteiger partial charge in [-0.2, -0.15) is 13.2 Å². The largest absolute Gasteiger partial charge is 0.435 e. The zero-order valence-electron chi connectivity index (χ0n) is 18.1. The van der Waals surface area contributed by atoms with Gasteiger partial charge in [0.1, 0.15) is 11.4 Å². The number of hydrogen-bond donors (Lipinski definition) is 1. The number of nitrogens with zero attached hydrogens (tertiary/aromatic N) is 2. The maximum atomic E-state index is 15.2. The number of carbonyl (C=O) groups is 1. The quantitative estimate of drug-likeness (QED) is 0.609. The van der Waals surface area contributed by atoms with Gasteiger partial charge in [-0.1, -0.05) is 47.1 Å². The second-order valence-electron chi connectivity index (χ2n) is 9.02. The van der Waals surface area contributed by atoms with E-state index in [0.717, 1.165) is 18.2 Å². The van der Waals surface area contributed by atoms with E-state index >= 15 is 4.39 Å². The van der Waals surface area contributed by atoms with E-state index in [9.17, 15) is 27.5 Å². The Morgan fingerprint density at radius 1 is 1.12 bits per heavy atom. The van der Waals surface area contributed by atoms with Gasteiger partial charge in [-0.25, -0.2) is 8.78 Å². The Kier molecular flexibility index (Phi) is 5.68. The second-order valence-corrected chi connectivity index (χ2v) is 9.43. The minimum absolute atomic E-state index is 0.0234. The van der Waals surface area contributed by atoms with Crippen LogP contribution in [0.25, 0.3) is 0 Å². The molecule has 0 saturated carbocycles. The SMILES string of the molecule is CC(C)(O)C(=O)N1CC(F)(c2ccc(C3=NOC(c4ccc(F)c(Cl)c4)(C(F)(F)F)C3)cc2)C1. The first kappa shape index (κ1) is 24.4. The first-order valence-corrected chi connectivity index (χ1v) is 10.6.